The number of hydrogen-bond donors (Lipinski definition) is 0. The molecule has 0 aromatic carbocycles. The predicted octanol–water partition coefficient (Wildman–Crippen LogP) is 3.92. The number of rotatable bonds is 14. The molecule has 0 heterocycles. The van der Waals surface area contributed by atoms with Crippen molar-refractivity contribution >= 4 is 59.5 Å². The van der Waals surface area contributed by atoms with Gasteiger partial charge in [-0.1, -0.05) is 13.2 Å². The summed E-state index contributed by atoms with van der Waals surface area (Å²) in [7, 11) is 0. The van der Waals surface area contributed by atoms with Gasteiger partial charge < -0.3 is 9.47 Å². The fourth-order valence-corrected chi connectivity index (χ4v) is 4.71. The molecule has 0 radical (unpaired) electrons. The van der Waals surface area contributed by atoms with Crippen LogP contribution in [0.1, 0.15) is 13.8 Å². The lowest BCUT2D eigenvalue weighted by Gasteiger charge is -2.12. The van der Waals surface area contributed by atoms with Gasteiger partial charge in [0, 0.05) is 47.7 Å². The summed E-state index contributed by atoms with van der Waals surface area (Å²) >= 11 is 6.04. The minimum absolute atomic E-state index is 0.232. The van der Waals surface area contributed by atoms with E-state index < -0.39 is 11.9 Å². The zero-order valence-corrected chi connectivity index (χ0v) is 16.5. The van der Waals surface area contributed by atoms with Crippen molar-refractivity contribution in [2.45, 2.75) is 23.0 Å². The van der Waals surface area contributed by atoms with Gasteiger partial charge in [-0.2, -0.15) is 0 Å². The van der Waals surface area contributed by atoms with Gasteiger partial charge in [0.1, 0.15) is 13.2 Å². The van der Waals surface area contributed by atoms with Crippen LogP contribution in [0.3, 0.4) is 0 Å². The SMILES string of the molecule is C=CC(=O)OCCSC(C)SOSC(C)SCCOC(=O)C=C. The molecule has 0 aromatic heterocycles. The lowest BCUT2D eigenvalue weighted by molar-refractivity contribution is -0.138. The normalized spacial score (nSPS) is 13.0. The summed E-state index contributed by atoms with van der Waals surface area (Å²) in [6.45, 7) is 11.4. The number of ether oxygens (including phenoxy) is 2. The molecular weight excluding hydrogens is 376 g/mol. The second-order valence-corrected chi connectivity index (χ2v) is 9.72. The second-order valence-electron chi connectivity index (χ2n) is 3.88. The van der Waals surface area contributed by atoms with Crippen LogP contribution in [-0.4, -0.2) is 45.8 Å². The molecule has 2 atom stereocenters. The van der Waals surface area contributed by atoms with Crippen molar-refractivity contribution in [2.24, 2.45) is 0 Å². The van der Waals surface area contributed by atoms with Crippen LogP contribution in [0.5, 0.6) is 0 Å². The van der Waals surface area contributed by atoms with E-state index in [-0.39, 0.29) is 9.16 Å². The third-order valence-electron chi connectivity index (χ3n) is 2.04. The minimum Gasteiger partial charge on any atom is -0.462 e. The Morgan fingerprint density at radius 1 is 0.913 bits per heavy atom. The highest BCUT2D eigenvalue weighted by Gasteiger charge is 2.09. The van der Waals surface area contributed by atoms with E-state index in [1.807, 2.05) is 13.8 Å². The lowest BCUT2D eigenvalue weighted by Crippen LogP contribution is -2.06. The van der Waals surface area contributed by atoms with E-state index in [1.165, 1.54) is 24.1 Å². The molecule has 0 bridgehead atoms. The zero-order valence-electron chi connectivity index (χ0n) is 13.2. The van der Waals surface area contributed by atoms with Crippen LogP contribution in [0.4, 0.5) is 0 Å². The molecule has 0 rings (SSSR count). The molecule has 2 unspecified atom stereocenters. The maximum Gasteiger partial charge on any atom is 0.330 e. The van der Waals surface area contributed by atoms with E-state index in [9.17, 15) is 9.59 Å². The van der Waals surface area contributed by atoms with Gasteiger partial charge >= 0.3 is 11.9 Å². The first-order valence-electron chi connectivity index (χ1n) is 6.80. The molecule has 0 aromatic rings. The van der Waals surface area contributed by atoms with Gasteiger partial charge in [0.25, 0.3) is 0 Å². The van der Waals surface area contributed by atoms with Crippen molar-refractivity contribution < 1.29 is 22.7 Å². The Bertz CT molecular complexity index is 344. The average Bonchev–Trinajstić information content (AvgIpc) is 2.54. The molecule has 0 saturated heterocycles. The topological polar surface area (TPSA) is 61.8 Å². The van der Waals surface area contributed by atoms with Gasteiger partial charge in [-0.05, 0) is 13.8 Å². The van der Waals surface area contributed by atoms with Crippen molar-refractivity contribution in [3.8, 4) is 0 Å². The van der Waals surface area contributed by atoms with Crippen LogP contribution in [0, 0.1) is 0 Å². The lowest BCUT2D eigenvalue weighted by atomic mass is 10.6. The average molecular weight is 399 g/mol. The Kier molecular flexibility index (Phi) is 15.2. The Morgan fingerprint density at radius 3 is 1.65 bits per heavy atom. The smallest absolute Gasteiger partial charge is 0.330 e. The monoisotopic (exact) mass is 398 g/mol. The van der Waals surface area contributed by atoms with E-state index in [0.717, 1.165) is 12.2 Å². The van der Waals surface area contributed by atoms with Crippen molar-refractivity contribution in [3.63, 3.8) is 0 Å². The molecule has 0 aliphatic heterocycles. The van der Waals surface area contributed by atoms with Gasteiger partial charge in [-0.3, -0.25) is 0 Å². The van der Waals surface area contributed by atoms with Crippen molar-refractivity contribution in [3.05, 3.63) is 25.3 Å². The molecule has 0 saturated carbocycles. The van der Waals surface area contributed by atoms with Crippen molar-refractivity contribution in [1.29, 1.82) is 0 Å². The van der Waals surface area contributed by atoms with Crippen molar-refractivity contribution in [2.75, 3.05) is 24.7 Å². The third-order valence-corrected chi connectivity index (χ3v) is 6.25. The number of hydrogen-bond acceptors (Lipinski definition) is 9. The molecule has 132 valence electrons. The number of carbonyl (C=O) groups excluding carboxylic acids is 2. The summed E-state index contributed by atoms with van der Waals surface area (Å²) in [4.78, 5) is 21.7. The molecule has 0 aliphatic rings. The molecule has 23 heavy (non-hydrogen) atoms. The quantitative estimate of drug-likeness (QED) is 0.142. The van der Waals surface area contributed by atoms with Crippen molar-refractivity contribution in [1.82, 2.24) is 0 Å². The van der Waals surface area contributed by atoms with Gasteiger partial charge in [0.2, 0.25) is 0 Å². The van der Waals surface area contributed by atoms with E-state index in [4.69, 9.17) is 13.1 Å². The van der Waals surface area contributed by atoms with Crippen LogP contribution in [-0.2, 0) is 22.7 Å². The van der Waals surface area contributed by atoms with Crippen LogP contribution in [0.2, 0.25) is 0 Å². The third kappa shape index (κ3) is 15.1. The highest BCUT2D eigenvalue weighted by Crippen LogP contribution is 2.32. The maximum atomic E-state index is 10.8. The molecule has 9 heteroatoms. The van der Waals surface area contributed by atoms with Gasteiger partial charge in [0.15, 0.2) is 0 Å². The molecular formula is C14H22O5S4. The fourth-order valence-electron chi connectivity index (χ4n) is 1.02. The Labute approximate surface area is 155 Å². The summed E-state index contributed by atoms with van der Waals surface area (Å²) in [5, 5.41) is 0. The second kappa shape index (κ2) is 15.3. The van der Waals surface area contributed by atoms with Crippen LogP contribution >= 0.6 is 47.6 Å². The van der Waals surface area contributed by atoms with E-state index in [2.05, 4.69) is 13.2 Å². The van der Waals surface area contributed by atoms with Gasteiger partial charge in [-0.25, -0.2) is 13.2 Å². The molecule has 0 spiro atoms. The Balaban J connectivity index is 3.49. The summed E-state index contributed by atoms with van der Waals surface area (Å²) < 4.78 is 15.7. The van der Waals surface area contributed by atoms with Crippen LogP contribution in [0.25, 0.3) is 0 Å². The summed E-state index contributed by atoms with van der Waals surface area (Å²) in [6.07, 6.45) is 2.31. The number of carbonyl (C=O) groups is 2. The van der Waals surface area contributed by atoms with Crippen LogP contribution in [0.15, 0.2) is 25.3 Å². The molecule has 0 aliphatic carbocycles. The van der Waals surface area contributed by atoms with Gasteiger partial charge in [0.05, 0.1) is 9.16 Å². The maximum absolute atomic E-state index is 10.8. The highest BCUT2D eigenvalue weighted by molar-refractivity contribution is 8.21. The summed E-state index contributed by atoms with van der Waals surface area (Å²) in [5.74, 6) is 0.617. The standard InChI is InChI=1S/C14H22O5S4/c1-5-13(15)17-7-9-20-11(3)22-19-23-12(4)21-10-8-18-14(16)6-2/h5-6,11-12H,1-2,7-10H2,3-4H3. The first-order valence-corrected chi connectivity index (χ1v) is 10.5. The predicted molar refractivity (Wildman–Crippen MR) is 102 cm³/mol. The molecule has 0 amide bonds. The van der Waals surface area contributed by atoms with Crippen LogP contribution < -0.4 is 0 Å². The van der Waals surface area contributed by atoms with E-state index in [0.29, 0.717) is 24.7 Å². The molecule has 0 N–H and O–H groups in total. The Morgan fingerprint density at radius 2 is 1.30 bits per heavy atom. The largest absolute Gasteiger partial charge is 0.462 e. The minimum atomic E-state index is -0.401. The highest BCUT2D eigenvalue weighted by atomic mass is 32.3. The molecule has 5 nitrogen and oxygen atoms in total. The number of thioether (sulfide) groups is 2. The first-order chi connectivity index (χ1) is 11.0. The summed E-state index contributed by atoms with van der Waals surface area (Å²) in [6, 6.07) is 0. The van der Waals surface area contributed by atoms with E-state index in [1.54, 1.807) is 23.5 Å². The van der Waals surface area contributed by atoms with Gasteiger partial charge in [-0.15, -0.1) is 23.5 Å². The fraction of sp³-hybridized carbons (Fsp3) is 0.571. The molecule has 0 fully saturated rings. The Hall–Kier alpha value is -0.220. The van der Waals surface area contributed by atoms with E-state index >= 15 is 0 Å². The summed E-state index contributed by atoms with van der Waals surface area (Å²) in [5.41, 5.74) is 0. The first kappa shape index (κ1) is 22.8. The number of esters is 2. The zero-order chi connectivity index (χ0) is 17.5.